The third-order valence-electron chi connectivity index (χ3n) is 7.33. The summed E-state index contributed by atoms with van der Waals surface area (Å²) in [5.74, 6) is 1.52. The Labute approximate surface area is 176 Å². The van der Waals surface area contributed by atoms with Crippen LogP contribution in [-0.2, 0) is 19.0 Å². The number of ether oxygens (including phenoxy) is 3. The van der Waals surface area contributed by atoms with Crippen LogP contribution in [0, 0.1) is 34.5 Å². The summed E-state index contributed by atoms with van der Waals surface area (Å²) in [7, 11) is 0. The van der Waals surface area contributed by atoms with E-state index >= 15 is 0 Å². The van der Waals surface area contributed by atoms with Gasteiger partial charge < -0.3 is 14.2 Å². The van der Waals surface area contributed by atoms with Crippen molar-refractivity contribution in [1.29, 1.82) is 5.26 Å². The van der Waals surface area contributed by atoms with E-state index in [0.29, 0.717) is 5.92 Å². The van der Waals surface area contributed by atoms with Crippen LogP contribution >= 0.6 is 0 Å². The van der Waals surface area contributed by atoms with Gasteiger partial charge in [0.25, 0.3) is 0 Å². The summed E-state index contributed by atoms with van der Waals surface area (Å²) in [6.07, 6.45) is 13.4. The molecule has 2 aliphatic carbocycles. The van der Waals surface area contributed by atoms with Crippen LogP contribution in [0.3, 0.4) is 0 Å². The Hall–Kier alpha value is -1.12. The molecule has 1 heterocycles. The normalized spacial score (nSPS) is 38.2. The second kappa shape index (κ2) is 10.8. The largest absolute Gasteiger partial charge is 0.461 e. The van der Waals surface area contributed by atoms with Crippen LogP contribution in [0.25, 0.3) is 0 Å². The van der Waals surface area contributed by atoms with E-state index in [-0.39, 0.29) is 25.6 Å². The first-order valence-electron chi connectivity index (χ1n) is 12.0. The van der Waals surface area contributed by atoms with E-state index in [1.165, 1.54) is 38.5 Å². The number of nitrogens with zero attached hydrogens (tertiary/aromatic N) is 1. The lowest BCUT2D eigenvalue weighted by Crippen LogP contribution is -2.50. The lowest BCUT2D eigenvalue weighted by molar-refractivity contribution is -0.247. The highest BCUT2D eigenvalue weighted by Crippen LogP contribution is 2.38. The Bertz CT molecular complexity index is 548. The predicted octanol–water partition coefficient (Wildman–Crippen LogP) is 5.38. The molecule has 164 valence electrons. The standard InChI is InChI=1S/C24H39NO4/c1-3-5-18-7-11-20(12-8-18)22-27-16-24(15-25,17-28-22)23(26)29-21-13-9-19(6-4-2)10-14-21/h18-22H,3-14,16-17H2,1-2H3/t18?,19?,20?,21?,22-,24+. The van der Waals surface area contributed by atoms with Crippen LogP contribution in [0.4, 0.5) is 0 Å². The van der Waals surface area contributed by atoms with Gasteiger partial charge in [-0.15, -0.1) is 0 Å². The van der Waals surface area contributed by atoms with Crippen LogP contribution in [0.5, 0.6) is 0 Å². The smallest absolute Gasteiger partial charge is 0.331 e. The molecular weight excluding hydrogens is 366 g/mol. The van der Waals surface area contributed by atoms with Crippen molar-refractivity contribution in [1.82, 2.24) is 0 Å². The number of hydrogen-bond donors (Lipinski definition) is 0. The molecular formula is C24H39NO4. The molecule has 3 fully saturated rings. The predicted molar refractivity (Wildman–Crippen MR) is 111 cm³/mol. The molecule has 2 saturated carbocycles. The summed E-state index contributed by atoms with van der Waals surface area (Å²) in [4.78, 5) is 12.8. The van der Waals surface area contributed by atoms with E-state index in [2.05, 4.69) is 19.9 Å². The molecule has 3 rings (SSSR count). The van der Waals surface area contributed by atoms with E-state index in [9.17, 15) is 10.1 Å². The summed E-state index contributed by atoms with van der Waals surface area (Å²) >= 11 is 0. The quantitative estimate of drug-likeness (QED) is 0.532. The Kier molecular flexibility index (Phi) is 8.38. The number of carbonyl (C=O) groups excluding carboxylic acids is 1. The van der Waals surface area contributed by atoms with Gasteiger partial charge in [-0.25, -0.2) is 0 Å². The van der Waals surface area contributed by atoms with Crippen molar-refractivity contribution < 1.29 is 19.0 Å². The molecule has 29 heavy (non-hydrogen) atoms. The summed E-state index contributed by atoms with van der Waals surface area (Å²) in [5.41, 5.74) is -1.31. The summed E-state index contributed by atoms with van der Waals surface area (Å²) in [5, 5.41) is 9.73. The Morgan fingerprint density at radius 1 is 0.931 bits per heavy atom. The molecule has 0 radical (unpaired) electrons. The molecule has 5 nitrogen and oxygen atoms in total. The average molecular weight is 406 g/mol. The third kappa shape index (κ3) is 5.73. The van der Waals surface area contributed by atoms with Gasteiger partial charge in [0.05, 0.1) is 19.3 Å². The van der Waals surface area contributed by atoms with Crippen molar-refractivity contribution in [3.05, 3.63) is 0 Å². The molecule has 3 aliphatic rings. The maximum absolute atomic E-state index is 12.8. The highest BCUT2D eigenvalue weighted by atomic mass is 16.7. The molecule has 1 aliphatic heterocycles. The molecule has 0 bridgehead atoms. The monoisotopic (exact) mass is 405 g/mol. The van der Waals surface area contributed by atoms with Crippen LogP contribution in [0.15, 0.2) is 0 Å². The molecule has 1 saturated heterocycles. The molecule has 0 N–H and O–H groups in total. The SMILES string of the molecule is CCCC1CCC(OC(=O)[C@]2(C#N)CO[C@H](C3CCC(CCC)CC3)OC2)CC1. The van der Waals surface area contributed by atoms with E-state index < -0.39 is 11.4 Å². The molecule has 0 amide bonds. The van der Waals surface area contributed by atoms with Crippen LogP contribution in [0.2, 0.25) is 0 Å². The van der Waals surface area contributed by atoms with Gasteiger partial charge in [0.2, 0.25) is 5.41 Å². The van der Waals surface area contributed by atoms with Gasteiger partial charge in [0.15, 0.2) is 6.29 Å². The first-order chi connectivity index (χ1) is 14.1. The molecule has 0 atom stereocenters. The number of rotatable bonds is 7. The van der Waals surface area contributed by atoms with Crippen LogP contribution < -0.4 is 0 Å². The zero-order valence-corrected chi connectivity index (χ0v) is 18.4. The first-order valence-corrected chi connectivity index (χ1v) is 12.0. The minimum atomic E-state index is -1.31. The Morgan fingerprint density at radius 3 is 1.93 bits per heavy atom. The molecule has 0 unspecified atom stereocenters. The van der Waals surface area contributed by atoms with E-state index in [0.717, 1.165) is 50.4 Å². The highest BCUT2D eigenvalue weighted by molar-refractivity contribution is 5.80. The van der Waals surface area contributed by atoms with Gasteiger partial charge in [-0.1, -0.05) is 39.5 Å². The van der Waals surface area contributed by atoms with Crippen LogP contribution in [0.1, 0.15) is 90.9 Å². The first kappa shape index (κ1) is 22.6. The molecule has 5 heteroatoms. The van der Waals surface area contributed by atoms with Gasteiger partial charge in [-0.2, -0.15) is 5.26 Å². The Balaban J connectivity index is 1.45. The molecule has 0 aromatic carbocycles. The lowest BCUT2D eigenvalue weighted by Gasteiger charge is -2.40. The van der Waals surface area contributed by atoms with Crippen molar-refractivity contribution in [2.24, 2.45) is 23.2 Å². The van der Waals surface area contributed by atoms with Gasteiger partial charge in [-0.05, 0) is 63.2 Å². The number of carbonyl (C=O) groups is 1. The van der Waals surface area contributed by atoms with Crippen molar-refractivity contribution in [2.45, 2.75) is 103 Å². The lowest BCUT2D eigenvalue weighted by atomic mass is 9.79. The zero-order chi connectivity index (χ0) is 20.7. The summed E-state index contributed by atoms with van der Waals surface area (Å²) in [6, 6.07) is 2.16. The van der Waals surface area contributed by atoms with Gasteiger partial charge in [0, 0.05) is 5.92 Å². The highest BCUT2D eigenvalue weighted by Gasteiger charge is 2.48. The van der Waals surface area contributed by atoms with Crippen molar-refractivity contribution >= 4 is 5.97 Å². The fourth-order valence-corrected chi connectivity index (χ4v) is 5.41. The fourth-order valence-electron chi connectivity index (χ4n) is 5.41. The third-order valence-corrected chi connectivity index (χ3v) is 7.33. The van der Waals surface area contributed by atoms with Crippen molar-refractivity contribution in [2.75, 3.05) is 13.2 Å². The second-order valence-electron chi connectivity index (χ2n) is 9.59. The van der Waals surface area contributed by atoms with Gasteiger partial charge in [-0.3, -0.25) is 4.79 Å². The van der Waals surface area contributed by atoms with Crippen LogP contribution in [-0.4, -0.2) is 31.6 Å². The number of hydrogen-bond acceptors (Lipinski definition) is 5. The minimum Gasteiger partial charge on any atom is -0.461 e. The van der Waals surface area contributed by atoms with Gasteiger partial charge >= 0.3 is 5.97 Å². The zero-order valence-electron chi connectivity index (χ0n) is 18.4. The van der Waals surface area contributed by atoms with Gasteiger partial charge in [0.1, 0.15) is 6.10 Å². The average Bonchev–Trinajstić information content (AvgIpc) is 2.76. The maximum atomic E-state index is 12.8. The van der Waals surface area contributed by atoms with Crippen molar-refractivity contribution in [3.63, 3.8) is 0 Å². The summed E-state index contributed by atoms with van der Waals surface area (Å²) < 4.78 is 17.6. The minimum absolute atomic E-state index is 0.0626. The second-order valence-corrected chi connectivity index (χ2v) is 9.59. The molecule has 0 spiro atoms. The molecule has 0 aromatic heterocycles. The van der Waals surface area contributed by atoms with E-state index in [1.54, 1.807) is 0 Å². The summed E-state index contributed by atoms with van der Waals surface area (Å²) in [6.45, 7) is 4.65. The van der Waals surface area contributed by atoms with Crippen molar-refractivity contribution in [3.8, 4) is 6.07 Å². The van der Waals surface area contributed by atoms with E-state index in [1.807, 2.05) is 0 Å². The number of esters is 1. The molecule has 0 aromatic rings. The fraction of sp³-hybridized carbons (Fsp3) is 0.917. The Morgan fingerprint density at radius 2 is 1.45 bits per heavy atom. The number of nitriles is 1. The maximum Gasteiger partial charge on any atom is 0.331 e. The van der Waals surface area contributed by atoms with E-state index in [4.69, 9.17) is 14.2 Å². The topological polar surface area (TPSA) is 68.6 Å².